The fourth-order valence-electron chi connectivity index (χ4n) is 5.14. The van der Waals surface area contributed by atoms with Crippen LogP contribution in [0.5, 0.6) is 11.5 Å². The lowest BCUT2D eigenvalue weighted by Crippen LogP contribution is -2.61. The van der Waals surface area contributed by atoms with Crippen LogP contribution < -0.4 is 24.6 Å². The number of hydrogen-bond acceptors (Lipinski definition) is 6. The largest absolute Gasteiger partial charge is 0.497 e. The Hall–Kier alpha value is -3.74. The van der Waals surface area contributed by atoms with Gasteiger partial charge in [0.05, 0.1) is 31.9 Å². The van der Waals surface area contributed by atoms with Crippen molar-refractivity contribution >= 4 is 17.3 Å². The van der Waals surface area contributed by atoms with Crippen LogP contribution in [0.2, 0.25) is 0 Å². The lowest BCUT2D eigenvalue weighted by molar-refractivity contribution is -0.126. The van der Waals surface area contributed by atoms with Gasteiger partial charge >= 0.3 is 0 Å². The Morgan fingerprint density at radius 3 is 2.74 bits per heavy atom. The van der Waals surface area contributed by atoms with Gasteiger partial charge in [0, 0.05) is 50.3 Å². The molecule has 3 aromatic rings. The molecular weight excluding hydrogens is 428 g/mol. The first-order valence-corrected chi connectivity index (χ1v) is 11.7. The molecule has 2 unspecified atom stereocenters. The number of hydrogen-bond donors (Lipinski definition) is 1. The van der Waals surface area contributed by atoms with E-state index in [1.807, 2.05) is 36.4 Å². The Morgan fingerprint density at radius 2 is 1.94 bits per heavy atom. The van der Waals surface area contributed by atoms with Crippen LogP contribution in [0, 0.1) is 5.92 Å². The molecule has 34 heavy (non-hydrogen) atoms. The van der Waals surface area contributed by atoms with Crippen molar-refractivity contribution in [2.24, 2.45) is 5.92 Å². The molecule has 7 heteroatoms. The Morgan fingerprint density at radius 1 is 1.06 bits per heavy atom. The third-order valence-corrected chi connectivity index (χ3v) is 6.88. The van der Waals surface area contributed by atoms with Crippen molar-refractivity contribution in [1.29, 1.82) is 0 Å². The Bertz CT molecular complexity index is 1150. The summed E-state index contributed by atoms with van der Waals surface area (Å²) in [5.41, 5.74) is 4.41. The standard InChI is InChI=1S/C27H30N4O3/c1-33-21-10-9-20-14-22(27(32)29-17-19-6-5-11-28-16-19)25-18-30(12-13-31(25)24(20)15-21)23-7-3-4-8-26(23)34-2/h3-11,15-16,22,25H,12-14,17-18H2,1-2H3,(H,29,32). The zero-order valence-electron chi connectivity index (χ0n) is 19.6. The predicted octanol–water partition coefficient (Wildman–Crippen LogP) is 3.28. The van der Waals surface area contributed by atoms with Gasteiger partial charge in [-0.3, -0.25) is 9.78 Å². The molecule has 7 nitrogen and oxygen atoms in total. The first-order valence-electron chi connectivity index (χ1n) is 11.7. The first-order chi connectivity index (χ1) is 16.7. The number of pyridine rings is 1. The maximum atomic E-state index is 13.5. The van der Waals surface area contributed by atoms with Crippen LogP contribution in [0.3, 0.4) is 0 Å². The van der Waals surface area contributed by atoms with Crippen LogP contribution >= 0.6 is 0 Å². The number of carbonyl (C=O) groups is 1. The van der Waals surface area contributed by atoms with Gasteiger partial charge in [-0.1, -0.05) is 24.3 Å². The number of fused-ring (bicyclic) bond motifs is 3. The number of methoxy groups -OCH3 is 2. The third-order valence-electron chi connectivity index (χ3n) is 6.88. The summed E-state index contributed by atoms with van der Waals surface area (Å²) < 4.78 is 11.1. The average Bonchev–Trinajstić information content (AvgIpc) is 2.91. The van der Waals surface area contributed by atoms with Crippen LogP contribution in [-0.2, 0) is 17.8 Å². The first kappa shape index (κ1) is 22.1. The molecule has 5 rings (SSSR count). The van der Waals surface area contributed by atoms with Crippen LogP contribution in [0.15, 0.2) is 67.0 Å². The zero-order valence-corrected chi connectivity index (χ0v) is 19.6. The molecule has 1 amide bonds. The SMILES string of the molecule is COc1ccc2c(c1)N1CCN(c3ccccc3OC)CC1C(C(=O)NCc1cccnc1)C2. The van der Waals surface area contributed by atoms with Gasteiger partial charge in [0.1, 0.15) is 11.5 Å². The molecule has 1 saturated heterocycles. The number of para-hydroxylation sites is 2. The molecule has 2 aliphatic heterocycles. The second-order valence-corrected chi connectivity index (χ2v) is 8.76. The number of piperazine rings is 1. The number of ether oxygens (including phenoxy) is 2. The van der Waals surface area contributed by atoms with Crippen molar-refractivity contribution < 1.29 is 14.3 Å². The summed E-state index contributed by atoms with van der Waals surface area (Å²) in [6, 6.07) is 18.2. The van der Waals surface area contributed by atoms with Crippen molar-refractivity contribution in [3.05, 3.63) is 78.1 Å². The summed E-state index contributed by atoms with van der Waals surface area (Å²) in [7, 11) is 3.39. The molecule has 0 aliphatic carbocycles. The maximum Gasteiger partial charge on any atom is 0.225 e. The summed E-state index contributed by atoms with van der Waals surface area (Å²) >= 11 is 0. The van der Waals surface area contributed by atoms with Crippen molar-refractivity contribution in [3.63, 3.8) is 0 Å². The second-order valence-electron chi connectivity index (χ2n) is 8.76. The lowest BCUT2D eigenvalue weighted by Gasteiger charge is -2.49. The van der Waals surface area contributed by atoms with Gasteiger partial charge in [-0.2, -0.15) is 0 Å². The molecule has 176 valence electrons. The highest BCUT2D eigenvalue weighted by atomic mass is 16.5. The zero-order chi connectivity index (χ0) is 23.5. The quantitative estimate of drug-likeness (QED) is 0.612. The minimum absolute atomic E-state index is 0.0344. The van der Waals surface area contributed by atoms with Gasteiger partial charge in [0.25, 0.3) is 0 Å². The molecule has 2 atom stereocenters. The highest BCUT2D eigenvalue weighted by Crippen LogP contribution is 2.40. The molecule has 1 aromatic heterocycles. The second kappa shape index (κ2) is 9.63. The fourth-order valence-corrected chi connectivity index (χ4v) is 5.14. The Balaban J connectivity index is 1.44. The lowest BCUT2D eigenvalue weighted by atomic mass is 9.83. The molecule has 0 radical (unpaired) electrons. The summed E-state index contributed by atoms with van der Waals surface area (Å²) in [5, 5.41) is 3.16. The summed E-state index contributed by atoms with van der Waals surface area (Å²) in [5.74, 6) is 1.59. The van der Waals surface area contributed by atoms with E-state index >= 15 is 0 Å². The van der Waals surface area contributed by atoms with E-state index in [1.165, 1.54) is 11.3 Å². The summed E-state index contributed by atoms with van der Waals surface area (Å²) in [6.45, 7) is 2.87. The van der Waals surface area contributed by atoms with Gasteiger partial charge < -0.3 is 24.6 Å². The van der Waals surface area contributed by atoms with Gasteiger partial charge in [-0.05, 0) is 41.8 Å². The number of nitrogens with zero attached hydrogens (tertiary/aromatic N) is 3. The van der Waals surface area contributed by atoms with E-state index < -0.39 is 0 Å². The number of rotatable bonds is 6. The summed E-state index contributed by atoms with van der Waals surface area (Å²) in [4.78, 5) is 22.4. The number of anilines is 2. The van der Waals surface area contributed by atoms with E-state index in [1.54, 1.807) is 26.6 Å². The summed E-state index contributed by atoms with van der Waals surface area (Å²) in [6.07, 6.45) is 4.22. The Labute approximate surface area is 200 Å². The van der Waals surface area contributed by atoms with Gasteiger partial charge in [-0.15, -0.1) is 0 Å². The van der Waals surface area contributed by atoms with E-state index in [4.69, 9.17) is 9.47 Å². The normalized spacial score (nSPS) is 19.1. The molecule has 1 fully saturated rings. The maximum absolute atomic E-state index is 13.5. The number of amides is 1. The van der Waals surface area contributed by atoms with Gasteiger partial charge in [0.2, 0.25) is 5.91 Å². The molecule has 2 aromatic carbocycles. The van der Waals surface area contributed by atoms with Crippen molar-refractivity contribution in [1.82, 2.24) is 10.3 Å². The molecule has 0 saturated carbocycles. The van der Waals surface area contributed by atoms with Crippen LogP contribution in [0.25, 0.3) is 0 Å². The smallest absolute Gasteiger partial charge is 0.225 e. The van der Waals surface area contributed by atoms with E-state index in [9.17, 15) is 4.79 Å². The molecule has 3 heterocycles. The number of aromatic nitrogens is 1. The highest BCUT2D eigenvalue weighted by molar-refractivity contribution is 5.82. The van der Waals surface area contributed by atoms with Crippen LogP contribution in [0.1, 0.15) is 11.1 Å². The van der Waals surface area contributed by atoms with Crippen LogP contribution in [-0.4, -0.2) is 50.8 Å². The fraction of sp³-hybridized carbons (Fsp3) is 0.333. The highest BCUT2D eigenvalue weighted by Gasteiger charge is 2.42. The van der Waals surface area contributed by atoms with E-state index in [-0.39, 0.29) is 17.9 Å². The number of nitrogens with one attached hydrogen (secondary N) is 1. The topological polar surface area (TPSA) is 66.9 Å². The number of carbonyl (C=O) groups excluding carboxylic acids is 1. The average molecular weight is 459 g/mol. The van der Waals surface area contributed by atoms with Gasteiger partial charge in [-0.25, -0.2) is 0 Å². The third kappa shape index (κ3) is 4.25. The predicted molar refractivity (Wildman–Crippen MR) is 133 cm³/mol. The van der Waals surface area contributed by atoms with Crippen molar-refractivity contribution in [3.8, 4) is 11.5 Å². The van der Waals surface area contributed by atoms with Gasteiger partial charge in [0.15, 0.2) is 0 Å². The molecular formula is C27H30N4O3. The van der Waals surface area contributed by atoms with E-state index in [2.05, 4.69) is 38.3 Å². The number of benzene rings is 2. The van der Waals surface area contributed by atoms with Crippen LogP contribution in [0.4, 0.5) is 11.4 Å². The minimum atomic E-state index is -0.171. The molecule has 1 N–H and O–H groups in total. The van der Waals surface area contributed by atoms with E-state index in [0.717, 1.165) is 42.4 Å². The minimum Gasteiger partial charge on any atom is -0.497 e. The van der Waals surface area contributed by atoms with Crippen molar-refractivity contribution in [2.45, 2.75) is 19.0 Å². The van der Waals surface area contributed by atoms with Crippen molar-refractivity contribution in [2.75, 3.05) is 43.7 Å². The molecule has 2 aliphatic rings. The van der Waals surface area contributed by atoms with E-state index in [0.29, 0.717) is 13.0 Å². The molecule has 0 spiro atoms. The monoisotopic (exact) mass is 458 g/mol. The Kier molecular flexibility index (Phi) is 6.25. The molecule has 0 bridgehead atoms.